The van der Waals surface area contributed by atoms with Gasteiger partial charge in [-0.25, -0.2) is 4.79 Å². The summed E-state index contributed by atoms with van der Waals surface area (Å²) in [6.07, 6.45) is 0.527. The summed E-state index contributed by atoms with van der Waals surface area (Å²) >= 11 is 0. The minimum atomic E-state index is -0.370. The minimum absolute atomic E-state index is 0.290. The van der Waals surface area contributed by atoms with Gasteiger partial charge >= 0.3 is 6.09 Å². The molecule has 0 radical (unpaired) electrons. The number of hydrogen-bond donors (Lipinski definition) is 1. The number of rotatable bonds is 2. The molecule has 92 valence electrons. The van der Waals surface area contributed by atoms with Crippen molar-refractivity contribution >= 4 is 11.8 Å². The molecule has 1 saturated heterocycles. The van der Waals surface area contributed by atoms with Crippen molar-refractivity contribution in [2.45, 2.75) is 32.4 Å². The van der Waals surface area contributed by atoms with Crippen molar-refractivity contribution in [3.05, 3.63) is 29.8 Å². The van der Waals surface area contributed by atoms with Crippen LogP contribution in [0.4, 0.5) is 10.5 Å². The molecule has 17 heavy (non-hydrogen) atoms. The molecule has 1 heterocycles. The van der Waals surface area contributed by atoms with Gasteiger partial charge in [-0.3, -0.25) is 4.90 Å². The second kappa shape index (κ2) is 4.37. The summed E-state index contributed by atoms with van der Waals surface area (Å²) in [7, 11) is 0. The van der Waals surface area contributed by atoms with Crippen molar-refractivity contribution in [1.82, 2.24) is 0 Å². The quantitative estimate of drug-likeness (QED) is 0.854. The molecule has 1 aliphatic rings. The van der Waals surface area contributed by atoms with Gasteiger partial charge < -0.3 is 10.5 Å². The van der Waals surface area contributed by atoms with E-state index in [2.05, 4.69) is 0 Å². The first-order valence-corrected chi connectivity index (χ1v) is 5.82. The van der Waals surface area contributed by atoms with Crippen LogP contribution >= 0.6 is 0 Å². The topological polar surface area (TPSA) is 55.6 Å². The number of benzene rings is 1. The number of nitrogens with two attached hydrogens (primary N) is 1. The summed E-state index contributed by atoms with van der Waals surface area (Å²) in [5.74, 6) is 0. The predicted octanol–water partition coefficient (Wildman–Crippen LogP) is 2.27. The van der Waals surface area contributed by atoms with Gasteiger partial charge in [0.2, 0.25) is 0 Å². The molecule has 0 spiro atoms. The highest BCUT2D eigenvalue weighted by Gasteiger charge is 2.33. The lowest BCUT2D eigenvalue weighted by Gasteiger charge is -2.37. The van der Waals surface area contributed by atoms with E-state index in [0.29, 0.717) is 13.1 Å². The van der Waals surface area contributed by atoms with Crippen LogP contribution < -0.4 is 10.6 Å². The van der Waals surface area contributed by atoms with E-state index < -0.39 is 0 Å². The zero-order valence-corrected chi connectivity index (χ0v) is 10.3. The molecule has 0 aromatic heterocycles. The van der Waals surface area contributed by atoms with Crippen LogP contribution in [-0.2, 0) is 11.3 Å². The standard InChI is InChI=1S/C13H18N2O2/c1-13(2)7-8-15(12(16)17-13)11-6-4-3-5-10(11)9-14/h3-6H,7-9,14H2,1-2H3. The number of amides is 1. The number of anilines is 1. The Labute approximate surface area is 101 Å². The molecule has 0 aliphatic carbocycles. The van der Waals surface area contributed by atoms with Crippen molar-refractivity contribution in [2.75, 3.05) is 11.4 Å². The maximum absolute atomic E-state index is 11.9. The molecule has 1 aliphatic heterocycles. The molecule has 1 fully saturated rings. The Bertz CT molecular complexity index is 429. The van der Waals surface area contributed by atoms with Gasteiger partial charge in [0.1, 0.15) is 5.60 Å². The lowest BCUT2D eigenvalue weighted by Crippen LogP contribution is -2.47. The van der Waals surface area contributed by atoms with E-state index in [-0.39, 0.29) is 11.7 Å². The molecular formula is C13H18N2O2. The van der Waals surface area contributed by atoms with Gasteiger partial charge in [-0.1, -0.05) is 18.2 Å². The first-order valence-electron chi connectivity index (χ1n) is 5.82. The maximum atomic E-state index is 11.9. The number of ether oxygens (including phenoxy) is 1. The number of nitrogens with zero attached hydrogens (tertiary/aromatic N) is 1. The smallest absolute Gasteiger partial charge is 0.414 e. The molecule has 4 heteroatoms. The fourth-order valence-corrected chi connectivity index (χ4v) is 1.98. The van der Waals surface area contributed by atoms with E-state index in [1.54, 1.807) is 4.90 Å². The third kappa shape index (κ3) is 2.42. The number of cyclic esters (lactones) is 1. The third-order valence-electron chi connectivity index (χ3n) is 3.02. The van der Waals surface area contributed by atoms with Crippen LogP contribution in [0.1, 0.15) is 25.8 Å². The molecule has 1 aromatic carbocycles. The summed E-state index contributed by atoms with van der Waals surface area (Å²) in [6, 6.07) is 7.66. The molecule has 0 bridgehead atoms. The summed E-state index contributed by atoms with van der Waals surface area (Å²) < 4.78 is 5.39. The zero-order chi connectivity index (χ0) is 12.5. The summed E-state index contributed by atoms with van der Waals surface area (Å²) in [5, 5.41) is 0. The Morgan fingerprint density at radius 1 is 1.41 bits per heavy atom. The molecule has 0 atom stereocenters. The number of carbonyl (C=O) groups is 1. The molecule has 2 N–H and O–H groups in total. The van der Waals surface area contributed by atoms with Crippen molar-refractivity contribution < 1.29 is 9.53 Å². The summed E-state index contributed by atoms with van der Waals surface area (Å²) in [4.78, 5) is 13.6. The number of carbonyl (C=O) groups excluding carboxylic acids is 1. The van der Waals surface area contributed by atoms with Crippen LogP contribution in [-0.4, -0.2) is 18.2 Å². The van der Waals surface area contributed by atoms with Crippen LogP contribution in [0.2, 0.25) is 0 Å². The van der Waals surface area contributed by atoms with E-state index in [9.17, 15) is 4.79 Å². The van der Waals surface area contributed by atoms with Crippen molar-refractivity contribution in [1.29, 1.82) is 0 Å². The maximum Gasteiger partial charge on any atom is 0.414 e. The third-order valence-corrected chi connectivity index (χ3v) is 3.02. The Morgan fingerprint density at radius 3 is 2.76 bits per heavy atom. The van der Waals surface area contributed by atoms with Gasteiger partial charge in [0.15, 0.2) is 0 Å². The van der Waals surface area contributed by atoms with E-state index >= 15 is 0 Å². The van der Waals surface area contributed by atoms with Gasteiger partial charge in [0.25, 0.3) is 0 Å². The van der Waals surface area contributed by atoms with Crippen LogP contribution in [0.25, 0.3) is 0 Å². The van der Waals surface area contributed by atoms with E-state index in [0.717, 1.165) is 17.7 Å². The SMILES string of the molecule is CC1(C)CCN(c2ccccc2CN)C(=O)O1. The van der Waals surface area contributed by atoms with E-state index in [4.69, 9.17) is 10.5 Å². The monoisotopic (exact) mass is 234 g/mol. The van der Waals surface area contributed by atoms with Crippen LogP contribution in [0, 0.1) is 0 Å². The highest BCUT2D eigenvalue weighted by molar-refractivity contribution is 5.89. The van der Waals surface area contributed by atoms with Gasteiger partial charge in [-0.15, -0.1) is 0 Å². The summed E-state index contributed by atoms with van der Waals surface area (Å²) in [6.45, 7) is 4.94. The van der Waals surface area contributed by atoms with Gasteiger partial charge in [0.05, 0.1) is 5.69 Å². The highest BCUT2D eigenvalue weighted by Crippen LogP contribution is 2.28. The van der Waals surface area contributed by atoms with Crippen molar-refractivity contribution in [2.24, 2.45) is 5.73 Å². The van der Waals surface area contributed by atoms with Crippen LogP contribution in [0.5, 0.6) is 0 Å². The normalized spacial score (nSPS) is 19.0. The molecule has 2 rings (SSSR count). The Kier molecular flexibility index (Phi) is 3.07. The average Bonchev–Trinajstić information content (AvgIpc) is 2.28. The van der Waals surface area contributed by atoms with Crippen molar-refractivity contribution in [3.63, 3.8) is 0 Å². The molecule has 1 amide bonds. The Morgan fingerprint density at radius 2 is 2.12 bits per heavy atom. The molecular weight excluding hydrogens is 216 g/mol. The molecule has 0 unspecified atom stereocenters. The van der Waals surface area contributed by atoms with Gasteiger partial charge in [-0.2, -0.15) is 0 Å². The Hall–Kier alpha value is -1.55. The predicted molar refractivity (Wildman–Crippen MR) is 66.9 cm³/mol. The van der Waals surface area contributed by atoms with Crippen LogP contribution in [0.15, 0.2) is 24.3 Å². The largest absolute Gasteiger partial charge is 0.443 e. The van der Waals surface area contributed by atoms with E-state index in [1.165, 1.54) is 0 Å². The summed E-state index contributed by atoms with van der Waals surface area (Å²) in [5.41, 5.74) is 7.13. The zero-order valence-electron chi connectivity index (χ0n) is 10.3. The average molecular weight is 234 g/mol. The molecule has 0 saturated carbocycles. The second-order valence-electron chi connectivity index (χ2n) is 4.86. The number of para-hydroxylation sites is 1. The molecule has 1 aromatic rings. The van der Waals surface area contributed by atoms with Gasteiger partial charge in [-0.05, 0) is 25.5 Å². The Balaban J connectivity index is 2.26. The van der Waals surface area contributed by atoms with Gasteiger partial charge in [0, 0.05) is 19.5 Å². The van der Waals surface area contributed by atoms with Crippen LogP contribution in [0.3, 0.4) is 0 Å². The number of hydrogen-bond acceptors (Lipinski definition) is 3. The highest BCUT2D eigenvalue weighted by atomic mass is 16.6. The fourth-order valence-electron chi connectivity index (χ4n) is 1.98. The first kappa shape index (κ1) is 11.9. The van der Waals surface area contributed by atoms with Crippen molar-refractivity contribution in [3.8, 4) is 0 Å². The lowest BCUT2D eigenvalue weighted by atomic mass is 10.0. The first-order chi connectivity index (χ1) is 8.03. The van der Waals surface area contributed by atoms with E-state index in [1.807, 2.05) is 38.1 Å². The lowest BCUT2D eigenvalue weighted by molar-refractivity contribution is 0.0236. The molecule has 4 nitrogen and oxygen atoms in total. The second-order valence-corrected chi connectivity index (χ2v) is 4.86. The fraction of sp³-hybridized carbons (Fsp3) is 0.462. The minimum Gasteiger partial charge on any atom is -0.443 e.